The Kier molecular flexibility index (Phi) is 3.23. The van der Waals surface area contributed by atoms with E-state index in [0.717, 1.165) is 5.56 Å². The van der Waals surface area contributed by atoms with Crippen molar-refractivity contribution in [1.29, 1.82) is 0 Å². The first-order valence-corrected chi connectivity index (χ1v) is 5.82. The fourth-order valence-corrected chi connectivity index (χ4v) is 1.90. The number of amides is 2. The summed E-state index contributed by atoms with van der Waals surface area (Å²) < 4.78 is 5.55. The molecule has 18 heavy (non-hydrogen) atoms. The van der Waals surface area contributed by atoms with Crippen molar-refractivity contribution < 1.29 is 14.3 Å². The van der Waals surface area contributed by atoms with Gasteiger partial charge in [0.05, 0.1) is 5.69 Å². The number of carbonyl (C=O) groups is 2. The molecule has 0 spiro atoms. The van der Waals surface area contributed by atoms with Gasteiger partial charge in [0.2, 0.25) is 5.91 Å². The van der Waals surface area contributed by atoms with E-state index in [4.69, 9.17) is 4.74 Å². The van der Waals surface area contributed by atoms with Crippen molar-refractivity contribution in [3.8, 4) is 5.75 Å². The first-order chi connectivity index (χ1) is 8.52. The summed E-state index contributed by atoms with van der Waals surface area (Å²) in [6, 6.07) is 5.56. The lowest BCUT2D eigenvalue weighted by Crippen LogP contribution is -2.48. The van der Waals surface area contributed by atoms with E-state index in [0.29, 0.717) is 11.4 Å². The summed E-state index contributed by atoms with van der Waals surface area (Å²) in [5.41, 5.74) is 1.70. The molecule has 96 valence electrons. The second-order valence-corrected chi connectivity index (χ2v) is 4.33. The lowest BCUT2D eigenvalue weighted by Gasteiger charge is -2.32. The second kappa shape index (κ2) is 4.68. The Labute approximate surface area is 106 Å². The van der Waals surface area contributed by atoms with E-state index in [1.165, 1.54) is 4.90 Å². The summed E-state index contributed by atoms with van der Waals surface area (Å²) in [7, 11) is 1.55. The molecule has 1 heterocycles. The number of ether oxygens (including phenoxy) is 1. The Balaban J connectivity index is 2.39. The molecule has 0 unspecified atom stereocenters. The minimum absolute atomic E-state index is 0.0130. The minimum atomic E-state index is -0.566. The van der Waals surface area contributed by atoms with Crippen molar-refractivity contribution >= 4 is 17.5 Å². The van der Waals surface area contributed by atoms with Crippen LogP contribution >= 0.6 is 0 Å². The molecule has 1 N–H and O–H groups in total. The number of hydrogen-bond acceptors (Lipinski definition) is 3. The van der Waals surface area contributed by atoms with E-state index in [1.54, 1.807) is 20.0 Å². The first kappa shape index (κ1) is 12.4. The molecule has 0 radical (unpaired) electrons. The van der Waals surface area contributed by atoms with E-state index in [-0.39, 0.29) is 18.4 Å². The molecule has 0 aliphatic carbocycles. The van der Waals surface area contributed by atoms with Crippen molar-refractivity contribution in [3.63, 3.8) is 0 Å². The summed E-state index contributed by atoms with van der Waals surface area (Å²) in [6.45, 7) is 3.65. The standard InChI is InChI=1S/C13H16N2O3/c1-8-4-5-10-11(6-8)18-9(2)13(17)15(10)7-12(16)14-3/h4-6,9H,7H2,1-3H3,(H,14,16)/t9-/m0/s1. The van der Waals surface area contributed by atoms with Crippen LogP contribution in [0.1, 0.15) is 12.5 Å². The van der Waals surface area contributed by atoms with Gasteiger partial charge in [-0.15, -0.1) is 0 Å². The highest BCUT2D eigenvalue weighted by Gasteiger charge is 2.32. The van der Waals surface area contributed by atoms with Crippen LogP contribution in [0.2, 0.25) is 0 Å². The van der Waals surface area contributed by atoms with Crippen molar-refractivity contribution in [1.82, 2.24) is 5.32 Å². The molecule has 5 heteroatoms. The largest absolute Gasteiger partial charge is 0.479 e. The van der Waals surface area contributed by atoms with Gasteiger partial charge >= 0.3 is 0 Å². The van der Waals surface area contributed by atoms with Crippen LogP contribution in [-0.4, -0.2) is 31.5 Å². The van der Waals surface area contributed by atoms with Gasteiger partial charge in [0.1, 0.15) is 12.3 Å². The first-order valence-electron chi connectivity index (χ1n) is 5.82. The molecular weight excluding hydrogens is 232 g/mol. The Hall–Kier alpha value is -2.04. The topological polar surface area (TPSA) is 58.6 Å². The molecule has 1 aromatic carbocycles. The van der Waals surface area contributed by atoms with Crippen molar-refractivity contribution in [2.24, 2.45) is 0 Å². The van der Waals surface area contributed by atoms with Crippen LogP contribution in [-0.2, 0) is 9.59 Å². The number of carbonyl (C=O) groups excluding carboxylic acids is 2. The normalized spacial score (nSPS) is 18.1. The number of likely N-dealkylation sites (N-methyl/N-ethyl adjacent to an activating group) is 1. The third-order valence-corrected chi connectivity index (χ3v) is 2.90. The van der Waals surface area contributed by atoms with Crippen molar-refractivity contribution in [3.05, 3.63) is 23.8 Å². The third-order valence-electron chi connectivity index (χ3n) is 2.90. The summed E-state index contributed by atoms with van der Waals surface area (Å²) in [5.74, 6) is 0.241. The third kappa shape index (κ3) is 2.16. The van der Waals surface area contributed by atoms with Crippen LogP contribution in [0.25, 0.3) is 0 Å². The molecule has 0 fully saturated rings. The monoisotopic (exact) mass is 248 g/mol. The van der Waals surface area contributed by atoms with E-state index < -0.39 is 6.10 Å². The van der Waals surface area contributed by atoms with E-state index in [9.17, 15) is 9.59 Å². The molecule has 0 saturated carbocycles. The van der Waals surface area contributed by atoms with Gasteiger partial charge in [-0.3, -0.25) is 14.5 Å². The van der Waals surface area contributed by atoms with Gasteiger partial charge < -0.3 is 10.1 Å². The van der Waals surface area contributed by atoms with Crippen LogP contribution in [0.5, 0.6) is 5.75 Å². The average molecular weight is 248 g/mol. The van der Waals surface area contributed by atoms with Gasteiger partial charge in [0, 0.05) is 7.05 Å². The molecule has 1 aliphatic rings. The maximum Gasteiger partial charge on any atom is 0.268 e. The number of aryl methyl sites for hydroxylation is 1. The van der Waals surface area contributed by atoms with Crippen LogP contribution in [0.15, 0.2) is 18.2 Å². The van der Waals surface area contributed by atoms with Crippen LogP contribution in [0, 0.1) is 6.92 Å². The zero-order chi connectivity index (χ0) is 13.3. The molecule has 2 amide bonds. The summed E-state index contributed by atoms with van der Waals surface area (Å²) in [6.07, 6.45) is -0.566. The van der Waals surface area contributed by atoms with Crippen LogP contribution in [0.3, 0.4) is 0 Å². The average Bonchev–Trinajstić information content (AvgIpc) is 2.34. The molecule has 0 aromatic heterocycles. The van der Waals surface area contributed by atoms with Gasteiger partial charge in [0.25, 0.3) is 5.91 Å². The van der Waals surface area contributed by atoms with Crippen LogP contribution in [0.4, 0.5) is 5.69 Å². The molecule has 0 saturated heterocycles. The van der Waals surface area contributed by atoms with Gasteiger partial charge in [-0.05, 0) is 31.5 Å². The molecule has 1 aromatic rings. The van der Waals surface area contributed by atoms with Gasteiger partial charge in [0.15, 0.2) is 6.10 Å². The number of fused-ring (bicyclic) bond motifs is 1. The van der Waals surface area contributed by atoms with Gasteiger partial charge in [-0.2, -0.15) is 0 Å². The second-order valence-electron chi connectivity index (χ2n) is 4.33. The molecule has 5 nitrogen and oxygen atoms in total. The predicted molar refractivity (Wildman–Crippen MR) is 67.7 cm³/mol. The number of benzene rings is 1. The van der Waals surface area contributed by atoms with E-state index >= 15 is 0 Å². The number of hydrogen-bond donors (Lipinski definition) is 1. The maximum atomic E-state index is 12.0. The minimum Gasteiger partial charge on any atom is -0.479 e. The summed E-state index contributed by atoms with van der Waals surface area (Å²) in [4.78, 5) is 25.0. The molecule has 2 rings (SSSR count). The number of anilines is 1. The Morgan fingerprint density at radius 3 is 2.89 bits per heavy atom. The zero-order valence-electron chi connectivity index (χ0n) is 10.7. The van der Waals surface area contributed by atoms with Crippen molar-refractivity contribution in [2.45, 2.75) is 20.0 Å². The van der Waals surface area contributed by atoms with E-state index in [1.807, 2.05) is 19.1 Å². The molecular formula is C13H16N2O3. The Bertz CT molecular complexity index is 499. The molecule has 1 aliphatic heterocycles. The Morgan fingerprint density at radius 1 is 1.50 bits per heavy atom. The SMILES string of the molecule is CNC(=O)CN1C(=O)[C@H](C)Oc2cc(C)ccc21. The highest BCUT2D eigenvalue weighted by molar-refractivity contribution is 6.03. The lowest BCUT2D eigenvalue weighted by molar-refractivity contribution is -0.128. The van der Waals surface area contributed by atoms with Gasteiger partial charge in [-0.25, -0.2) is 0 Å². The number of nitrogens with zero attached hydrogens (tertiary/aromatic N) is 1. The fraction of sp³-hybridized carbons (Fsp3) is 0.385. The summed E-state index contributed by atoms with van der Waals surface area (Å²) in [5, 5.41) is 2.52. The van der Waals surface area contributed by atoms with Crippen molar-refractivity contribution in [2.75, 3.05) is 18.5 Å². The quantitative estimate of drug-likeness (QED) is 0.844. The highest BCUT2D eigenvalue weighted by Crippen LogP contribution is 2.34. The maximum absolute atomic E-state index is 12.0. The Morgan fingerprint density at radius 2 is 2.22 bits per heavy atom. The molecule has 0 bridgehead atoms. The zero-order valence-corrected chi connectivity index (χ0v) is 10.7. The highest BCUT2D eigenvalue weighted by atomic mass is 16.5. The predicted octanol–water partition coefficient (Wildman–Crippen LogP) is 0.855. The van der Waals surface area contributed by atoms with Crippen LogP contribution < -0.4 is 15.0 Å². The number of rotatable bonds is 2. The van der Waals surface area contributed by atoms with E-state index in [2.05, 4.69) is 5.32 Å². The fourth-order valence-electron chi connectivity index (χ4n) is 1.90. The smallest absolute Gasteiger partial charge is 0.268 e. The lowest BCUT2D eigenvalue weighted by atomic mass is 10.1. The number of nitrogens with one attached hydrogen (secondary N) is 1. The van der Waals surface area contributed by atoms with Gasteiger partial charge in [-0.1, -0.05) is 6.07 Å². The summed E-state index contributed by atoms with van der Waals surface area (Å²) >= 11 is 0. The molecule has 1 atom stereocenters.